The van der Waals surface area contributed by atoms with Crippen LogP contribution in [0.1, 0.15) is 36.4 Å². The maximum Gasteiger partial charge on any atom is 0.269 e. The molecular weight excluding hydrogens is 424 g/mol. The Morgan fingerprint density at radius 3 is 2.21 bits per heavy atom. The molecule has 0 bridgehead atoms. The molecule has 2 aliphatic rings. The number of rotatable bonds is 4. The fourth-order valence-corrected chi connectivity index (χ4v) is 4.70. The van der Waals surface area contributed by atoms with Crippen LogP contribution in [0, 0.1) is 27.7 Å². The second-order valence-electron chi connectivity index (χ2n) is 8.32. The van der Waals surface area contributed by atoms with Crippen LogP contribution >= 0.6 is 0 Å². The maximum atomic E-state index is 13.6. The second kappa shape index (κ2) is 8.58. The molecule has 1 saturated carbocycles. The molecule has 2 atom stereocenters. The average Bonchev–Trinajstić information content (AvgIpc) is 3.22. The van der Waals surface area contributed by atoms with E-state index in [0.717, 1.165) is 47.4 Å². The summed E-state index contributed by atoms with van der Waals surface area (Å²) < 4.78 is 27.0. The van der Waals surface area contributed by atoms with Crippen molar-refractivity contribution in [1.82, 2.24) is 0 Å². The van der Waals surface area contributed by atoms with Crippen LogP contribution in [0.4, 0.5) is 20.2 Å². The first-order chi connectivity index (χ1) is 16.0. The van der Waals surface area contributed by atoms with E-state index in [1.165, 1.54) is 36.4 Å². The van der Waals surface area contributed by atoms with Gasteiger partial charge in [0.2, 0.25) is 0 Å². The maximum absolute atomic E-state index is 13.6. The number of nitrogens with zero attached hydrogens (tertiary/aromatic N) is 3. The van der Waals surface area contributed by atoms with E-state index in [1.807, 2.05) is 11.1 Å². The van der Waals surface area contributed by atoms with Crippen molar-refractivity contribution in [1.29, 1.82) is 0 Å². The van der Waals surface area contributed by atoms with Crippen LogP contribution in [0.15, 0.2) is 83.5 Å². The summed E-state index contributed by atoms with van der Waals surface area (Å²) in [5.74, 6) is -0.496. The van der Waals surface area contributed by atoms with E-state index in [2.05, 4.69) is 0 Å². The lowest BCUT2D eigenvalue weighted by atomic mass is 9.77. The summed E-state index contributed by atoms with van der Waals surface area (Å²) in [6, 6.07) is 19.0. The van der Waals surface area contributed by atoms with E-state index < -0.39 is 4.92 Å². The van der Waals surface area contributed by atoms with Crippen molar-refractivity contribution in [3.05, 3.63) is 111 Å². The minimum absolute atomic E-state index is 0.0123. The Kier molecular flexibility index (Phi) is 5.46. The number of hydrogen-bond acceptors (Lipinski definition) is 4. The van der Waals surface area contributed by atoms with Gasteiger partial charge in [0.1, 0.15) is 11.6 Å². The van der Waals surface area contributed by atoms with Gasteiger partial charge < -0.3 is 0 Å². The van der Waals surface area contributed by atoms with Gasteiger partial charge in [-0.2, -0.15) is 5.10 Å². The van der Waals surface area contributed by atoms with Crippen LogP contribution < -0.4 is 5.01 Å². The summed E-state index contributed by atoms with van der Waals surface area (Å²) >= 11 is 0. The average molecular weight is 445 g/mol. The molecule has 1 aliphatic heterocycles. The van der Waals surface area contributed by atoms with Gasteiger partial charge in [-0.25, -0.2) is 8.78 Å². The van der Waals surface area contributed by atoms with Gasteiger partial charge >= 0.3 is 0 Å². The van der Waals surface area contributed by atoms with Crippen molar-refractivity contribution in [2.24, 2.45) is 11.0 Å². The Morgan fingerprint density at radius 2 is 1.58 bits per heavy atom. The molecule has 0 saturated heterocycles. The standard InChI is InChI=1S/C26H21F2N3O2/c27-20-8-4-17(5-9-20)16-19-2-1-3-24-25(19)29-30(22-12-14-23(15-13-22)31(32)33)26(24)18-6-10-21(28)11-7-18/h4-16,24,26H,1-3H2/b19-16-/t24-,26+/m0/s1. The highest BCUT2D eigenvalue weighted by atomic mass is 19.1. The van der Waals surface area contributed by atoms with Crippen molar-refractivity contribution in [3.63, 3.8) is 0 Å². The Bertz CT molecular complexity index is 1240. The molecule has 1 fully saturated rings. The highest BCUT2D eigenvalue weighted by Crippen LogP contribution is 2.46. The van der Waals surface area contributed by atoms with Crippen LogP contribution in [0.25, 0.3) is 6.08 Å². The topological polar surface area (TPSA) is 58.7 Å². The summed E-state index contributed by atoms with van der Waals surface area (Å²) in [5.41, 5.74) is 4.63. The molecule has 0 radical (unpaired) electrons. The number of halogens is 2. The molecule has 0 aromatic heterocycles. The molecule has 1 aliphatic carbocycles. The minimum atomic E-state index is -0.430. The monoisotopic (exact) mass is 445 g/mol. The lowest BCUT2D eigenvalue weighted by molar-refractivity contribution is -0.384. The molecule has 1 heterocycles. The zero-order chi connectivity index (χ0) is 22.9. The summed E-state index contributed by atoms with van der Waals surface area (Å²) in [6.45, 7) is 0. The first kappa shape index (κ1) is 21.0. The van der Waals surface area contributed by atoms with Crippen molar-refractivity contribution in [2.75, 3.05) is 5.01 Å². The summed E-state index contributed by atoms with van der Waals surface area (Å²) in [4.78, 5) is 10.7. The third-order valence-electron chi connectivity index (χ3n) is 6.25. The lowest BCUT2D eigenvalue weighted by Crippen LogP contribution is -2.28. The Balaban J connectivity index is 1.58. The fourth-order valence-electron chi connectivity index (χ4n) is 4.70. The minimum Gasteiger partial charge on any atom is -0.258 e. The highest BCUT2D eigenvalue weighted by Gasteiger charge is 2.41. The zero-order valence-electron chi connectivity index (χ0n) is 17.7. The van der Waals surface area contributed by atoms with Gasteiger partial charge in [0.05, 0.1) is 22.4 Å². The second-order valence-corrected chi connectivity index (χ2v) is 8.32. The largest absolute Gasteiger partial charge is 0.269 e. The SMILES string of the molecule is O=[N+]([O-])c1ccc(N2N=C3/C(=C\c4ccc(F)cc4)CCC[C@@H]3[C@H]2c2ccc(F)cc2)cc1. The molecule has 0 spiro atoms. The third kappa shape index (κ3) is 4.14. The number of non-ortho nitro benzene ring substituents is 1. The van der Waals surface area contributed by atoms with Crippen molar-refractivity contribution >= 4 is 23.2 Å². The highest BCUT2D eigenvalue weighted by molar-refractivity contribution is 6.08. The van der Waals surface area contributed by atoms with Crippen LogP contribution in [0.5, 0.6) is 0 Å². The molecule has 166 valence electrons. The molecule has 0 unspecified atom stereocenters. The van der Waals surface area contributed by atoms with Crippen LogP contribution in [0.3, 0.4) is 0 Å². The van der Waals surface area contributed by atoms with Gasteiger partial charge in [-0.05, 0) is 78.4 Å². The molecule has 5 rings (SSSR count). The van der Waals surface area contributed by atoms with Crippen molar-refractivity contribution in [2.45, 2.75) is 25.3 Å². The van der Waals surface area contributed by atoms with Crippen molar-refractivity contribution in [3.8, 4) is 0 Å². The van der Waals surface area contributed by atoms with Gasteiger partial charge in [-0.1, -0.05) is 24.3 Å². The Labute approximate surface area is 189 Å². The van der Waals surface area contributed by atoms with Gasteiger partial charge in [0.15, 0.2) is 0 Å². The number of nitro groups is 1. The third-order valence-corrected chi connectivity index (χ3v) is 6.25. The molecule has 5 nitrogen and oxygen atoms in total. The molecule has 0 N–H and O–H groups in total. The number of hydrogen-bond donors (Lipinski definition) is 0. The quantitative estimate of drug-likeness (QED) is 0.333. The first-order valence-electron chi connectivity index (χ1n) is 10.8. The van der Waals surface area contributed by atoms with E-state index in [-0.39, 0.29) is 29.3 Å². The molecular formula is C26H21F2N3O2. The number of benzene rings is 3. The van der Waals surface area contributed by atoms with Crippen LogP contribution in [0.2, 0.25) is 0 Å². The smallest absolute Gasteiger partial charge is 0.258 e. The first-order valence-corrected chi connectivity index (χ1v) is 10.8. The van der Waals surface area contributed by atoms with Gasteiger partial charge in [0, 0.05) is 18.1 Å². The predicted octanol–water partition coefficient (Wildman–Crippen LogP) is 6.67. The van der Waals surface area contributed by atoms with Gasteiger partial charge in [-0.3, -0.25) is 15.1 Å². The van der Waals surface area contributed by atoms with E-state index in [0.29, 0.717) is 0 Å². The molecule has 7 heteroatoms. The number of anilines is 1. The van der Waals surface area contributed by atoms with E-state index in [9.17, 15) is 18.9 Å². The van der Waals surface area contributed by atoms with Gasteiger partial charge in [0.25, 0.3) is 5.69 Å². The van der Waals surface area contributed by atoms with Gasteiger partial charge in [-0.15, -0.1) is 0 Å². The van der Waals surface area contributed by atoms with Crippen LogP contribution in [-0.2, 0) is 0 Å². The number of fused-ring (bicyclic) bond motifs is 1. The Hall–Kier alpha value is -3.87. The number of allylic oxidation sites excluding steroid dienone is 1. The fraction of sp³-hybridized carbons (Fsp3) is 0.192. The predicted molar refractivity (Wildman–Crippen MR) is 124 cm³/mol. The van der Waals surface area contributed by atoms with E-state index >= 15 is 0 Å². The summed E-state index contributed by atoms with van der Waals surface area (Å²) in [5, 5.41) is 18.0. The zero-order valence-corrected chi connectivity index (χ0v) is 17.7. The molecule has 3 aromatic rings. The molecule has 0 amide bonds. The van der Waals surface area contributed by atoms with Crippen LogP contribution in [-0.4, -0.2) is 10.6 Å². The van der Waals surface area contributed by atoms with E-state index in [1.54, 1.807) is 36.4 Å². The summed E-state index contributed by atoms with van der Waals surface area (Å²) in [7, 11) is 0. The van der Waals surface area contributed by atoms with E-state index in [4.69, 9.17) is 5.10 Å². The molecule has 3 aromatic carbocycles. The van der Waals surface area contributed by atoms with Crippen molar-refractivity contribution < 1.29 is 13.7 Å². The number of nitro benzene ring substituents is 1. The molecule has 33 heavy (non-hydrogen) atoms. The summed E-state index contributed by atoms with van der Waals surface area (Å²) in [6.07, 6.45) is 4.80. The lowest BCUT2D eigenvalue weighted by Gasteiger charge is -2.30. The normalized spacial score (nSPS) is 21.1. The number of hydrazone groups is 1. The Morgan fingerprint density at radius 1 is 0.939 bits per heavy atom.